The van der Waals surface area contributed by atoms with Gasteiger partial charge in [-0.15, -0.1) is 24.0 Å². The van der Waals surface area contributed by atoms with E-state index < -0.39 is 0 Å². The van der Waals surface area contributed by atoms with Crippen molar-refractivity contribution in [3.8, 4) is 11.5 Å². The van der Waals surface area contributed by atoms with E-state index in [4.69, 9.17) is 21.1 Å². The molecule has 7 nitrogen and oxygen atoms in total. The Morgan fingerprint density at radius 1 is 1.09 bits per heavy atom. The highest BCUT2D eigenvalue weighted by molar-refractivity contribution is 14.0. The van der Waals surface area contributed by atoms with Gasteiger partial charge in [-0.05, 0) is 55.2 Å². The maximum Gasteiger partial charge on any atom is 0.251 e. The van der Waals surface area contributed by atoms with Crippen molar-refractivity contribution in [2.24, 2.45) is 4.99 Å². The lowest BCUT2D eigenvalue weighted by Crippen LogP contribution is -2.38. The molecule has 0 bridgehead atoms. The maximum absolute atomic E-state index is 11.8. The molecule has 174 valence electrons. The molecule has 32 heavy (non-hydrogen) atoms. The van der Waals surface area contributed by atoms with E-state index in [-0.39, 0.29) is 29.9 Å². The highest BCUT2D eigenvalue weighted by Crippen LogP contribution is 2.38. The number of hydrogen-bond donors (Lipinski definition) is 3. The molecule has 0 spiro atoms. The zero-order valence-corrected chi connectivity index (χ0v) is 21.5. The summed E-state index contributed by atoms with van der Waals surface area (Å²) in [6, 6.07) is 11.5. The number of aliphatic imine (C=N–C) groups is 1. The summed E-state index contributed by atoms with van der Waals surface area (Å²) < 4.78 is 11.2. The monoisotopic (exact) mass is 572 g/mol. The van der Waals surface area contributed by atoms with Gasteiger partial charge in [-0.1, -0.05) is 23.7 Å². The number of guanidine groups is 1. The van der Waals surface area contributed by atoms with Gasteiger partial charge in [0.05, 0.1) is 5.02 Å². The number of nitrogens with one attached hydrogen (secondary N) is 3. The number of ether oxygens (including phenoxy) is 2. The first-order chi connectivity index (χ1) is 15.1. The van der Waals surface area contributed by atoms with Crippen molar-refractivity contribution in [2.45, 2.75) is 19.8 Å². The minimum atomic E-state index is -0.0837. The third-order valence-electron chi connectivity index (χ3n) is 4.79. The molecule has 0 saturated heterocycles. The third-order valence-corrected chi connectivity index (χ3v) is 5.07. The average molecular weight is 573 g/mol. The Bertz CT molecular complexity index is 939. The largest absolute Gasteiger partial charge is 0.486 e. The number of carbonyl (C=O) groups is 1. The lowest BCUT2D eigenvalue weighted by molar-refractivity contribution is 0.0963. The number of rotatable bonds is 8. The first-order valence-electron chi connectivity index (χ1n) is 10.5. The Labute approximate surface area is 211 Å². The van der Waals surface area contributed by atoms with Crippen LogP contribution in [0.3, 0.4) is 0 Å². The summed E-state index contributed by atoms with van der Waals surface area (Å²) in [5.74, 6) is 2.00. The van der Waals surface area contributed by atoms with Crippen molar-refractivity contribution in [1.82, 2.24) is 16.0 Å². The van der Waals surface area contributed by atoms with Gasteiger partial charge >= 0.3 is 0 Å². The standard InChI is InChI=1S/C23H29ClN4O3.HI/c1-3-26-23(27-9-7-16-5-4-6-18(13-16)22(29)25-2)28-10-8-17-14-19(24)21-20(15-17)30-11-12-31-21;/h4-6,13-15H,3,7-12H2,1-2H3,(H,25,29)(H2,26,27,28);1H. The molecule has 1 aliphatic heterocycles. The average Bonchev–Trinajstić information content (AvgIpc) is 2.79. The molecule has 1 aliphatic rings. The number of amides is 1. The van der Waals surface area contributed by atoms with Gasteiger partial charge < -0.3 is 25.4 Å². The maximum atomic E-state index is 11.8. The van der Waals surface area contributed by atoms with Gasteiger partial charge in [-0.25, -0.2) is 0 Å². The summed E-state index contributed by atoms with van der Waals surface area (Å²) in [5.41, 5.74) is 2.81. The summed E-state index contributed by atoms with van der Waals surface area (Å²) >= 11 is 6.32. The molecule has 3 rings (SSSR count). The Kier molecular flexibility index (Phi) is 10.9. The number of hydrogen-bond acceptors (Lipinski definition) is 4. The van der Waals surface area contributed by atoms with Crippen LogP contribution >= 0.6 is 35.6 Å². The summed E-state index contributed by atoms with van der Waals surface area (Å²) in [6.45, 7) is 5.18. The van der Waals surface area contributed by atoms with Crippen LogP contribution in [0.5, 0.6) is 11.5 Å². The molecule has 9 heteroatoms. The van der Waals surface area contributed by atoms with Crippen molar-refractivity contribution in [2.75, 3.05) is 39.9 Å². The van der Waals surface area contributed by atoms with Crippen molar-refractivity contribution in [1.29, 1.82) is 0 Å². The molecular weight excluding hydrogens is 543 g/mol. The Morgan fingerprint density at radius 2 is 1.91 bits per heavy atom. The molecule has 0 radical (unpaired) electrons. The highest BCUT2D eigenvalue weighted by Gasteiger charge is 2.16. The summed E-state index contributed by atoms with van der Waals surface area (Å²) in [5, 5.41) is 9.84. The van der Waals surface area contributed by atoms with E-state index >= 15 is 0 Å². The van der Waals surface area contributed by atoms with Crippen LogP contribution in [0.4, 0.5) is 0 Å². The number of halogens is 2. The van der Waals surface area contributed by atoms with Crippen LogP contribution in [-0.2, 0) is 12.8 Å². The minimum Gasteiger partial charge on any atom is -0.486 e. The topological polar surface area (TPSA) is 84.0 Å². The molecular formula is C23H30ClIN4O3. The van der Waals surface area contributed by atoms with Crippen molar-refractivity contribution in [3.05, 3.63) is 58.1 Å². The number of nitrogens with zero attached hydrogens (tertiary/aromatic N) is 1. The van der Waals surface area contributed by atoms with Crippen molar-refractivity contribution in [3.63, 3.8) is 0 Å². The fourth-order valence-corrected chi connectivity index (χ4v) is 3.57. The smallest absolute Gasteiger partial charge is 0.251 e. The molecule has 3 N–H and O–H groups in total. The fraction of sp³-hybridized carbons (Fsp3) is 0.391. The van der Waals surface area contributed by atoms with Gasteiger partial charge in [-0.3, -0.25) is 9.79 Å². The molecule has 2 aromatic rings. The minimum absolute atomic E-state index is 0. The van der Waals surface area contributed by atoms with E-state index in [0.717, 1.165) is 36.5 Å². The van der Waals surface area contributed by atoms with E-state index in [9.17, 15) is 4.79 Å². The van der Waals surface area contributed by atoms with Crippen LogP contribution in [0.25, 0.3) is 0 Å². The molecule has 2 aromatic carbocycles. The molecule has 0 unspecified atom stereocenters. The van der Waals surface area contributed by atoms with Gasteiger partial charge in [-0.2, -0.15) is 0 Å². The van der Waals surface area contributed by atoms with E-state index in [0.29, 0.717) is 48.4 Å². The van der Waals surface area contributed by atoms with E-state index in [1.165, 1.54) is 0 Å². The van der Waals surface area contributed by atoms with Crippen molar-refractivity contribution >= 4 is 47.4 Å². The van der Waals surface area contributed by atoms with Crippen LogP contribution in [0.2, 0.25) is 5.02 Å². The van der Waals surface area contributed by atoms with Gasteiger partial charge in [0.15, 0.2) is 17.5 Å². The van der Waals surface area contributed by atoms with Crippen LogP contribution < -0.4 is 25.4 Å². The summed E-state index contributed by atoms with van der Waals surface area (Å²) in [7, 11) is 1.63. The van der Waals surface area contributed by atoms with Gasteiger partial charge in [0.25, 0.3) is 5.91 Å². The number of fused-ring (bicyclic) bond motifs is 1. The Morgan fingerprint density at radius 3 is 2.69 bits per heavy atom. The predicted molar refractivity (Wildman–Crippen MR) is 139 cm³/mol. The van der Waals surface area contributed by atoms with Crippen LogP contribution in [-0.4, -0.2) is 51.8 Å². The van der Waals surface area contributed by atoms with Crippen molar-refractivity contribution < 1.29 is 14.3 Å². The van der Waals surface area contributed by atoms with E-state index in [1.807, 2.05) is 37.3 Å². The van der Waals surface area contributed by atoms with E-state index in [1.54, 1.807) is 13.1 Å². The SMILES string of the molecule is CCNC(=NCCc1cccc(C(=O)NC)c1)NCCc1cc(Cl)c2c(c1)OCCO2.I. The molecule has 1 heterocycles. The molecule has 0 aliphatic carbocycles. The first-order valence-corrected chi connectivity index (χ1v) is 10.9. The van der Waals surface area contributed by atoms with E-state index in [2.05, 4.69) is 20.9 Å². The van der Waals surface area contributed by atoms with Gasteiger partial charge in [0, 0.05) is 32.2 Å². The van der Waals surface area contributed by atoms with Crippen LogP contribution in [0, 0.1) is 0 Å². The highest BCUT2D eigenvalue weighted by atomic mass is 127. The summed E-state index contributed by atoms with van der Waals surface area (Å²) in [4.78, 5) is 16.4. The number of benzene rings is 2. The van der Waals surface area contributed by atoms with Gasteiger partial charge in [0.1, 0.15) is 13.2 Å². The Balaban J connectivity index is 0.00000363. The zero-order chi connectivity index (χ0) is 22.1. The molecule has 0 atom stereocenters. The zero-order valence-electron chi connectivity index (χ0n) is 18.4. The Hall–Kier alpha value is -2.20. The number of carbonyl (C=O) groups excluding carboxylic acids is 1. The van der Waals surface area contributed by atoms with Crippen LogP contribution in [0.1, 0.15) is 28.4 Å². The van der Waals surface area contributed by atoms with Crippen LogP contribution in [0.15, 0.2) is 41.4 Å². The lowest BCUT2D eigenvalue weighted by atomic mass is 10.1. The molecule has 0 aromatic heterocycles. The first kappa shape index (κ1) is 26.1. The van der Waals surface area contributed by atoms with Gasteiger partial charge in [0.2, 0.25) is 0 Å². The lowest BCUT2D eigenvalue weighted by Gasteiger charge is -2.20. The second-order valence-corrected chi connectivity index (χ2v) is 7.48. The fourth-order valence-electron chi connectivity index (χ4n) is 3.28. The molecule has 1 amide bonds. The quantitative estimate of drug-likeness (QED) is 0.257. The molecule has 0 saturated carbocycles. The predicted octanol–water partition coefficient (Wildman–Crippen LogP) is 3.43. The summed E-state index contributed by atoms with van der Waals surface area (Å²) in [6.07, 6.45) is 1.52. The normalized spacial score (nSPS) is 12.5. The second-order valence-electron chi connectivity index (χ2n) is 7.07. The third kappa shape index (κ3) is 7.44. The molecule has 0 fully saturated rings. The second kappa shape index (κ2) is 13.4.